The van der Waals surface area contributed by atoms with E-state index in [1.165, 1.54) is 0 Å². The third-order valence-electron chi connectivity index (χ3n) is 4.80. The molecule has 0 aliphatic carbocycles. The number of ether oxygens (including phenoxy) is 1. The lowest BCUT2D eigenvalue weighted by molar-refractivity contribution is -0.137. The second-order valence-corrected chi connectivity index (χ2v) is 7.32. The predicted octanol–water partition coefficient (Wildman–Crippen LogP) is 7.11. The molecule has 3 aromatic rings. The van der Waals surface area contributed by atoms with Gasteiger partial charge in [0.15, 0.2) is 0 Å². The molecule has 0 unspecified atom stereocenters. The summed E-state index contributed by atoms with van der Waals surface area (Å²) in [5.74, 6) is 0.451. The quantitative estimate of drug-likeness (QED) is 0.326. The molecule has 0 aliphatic heterocycles. The van der Waals surface area contributed by atoms with Crippen molar-refractivity contribution in [1.29, 1.82) is 0 Å². The number of anilines is 4. The smallest absolute Gasteiger partial charge is 0.421 e. The summed E-state index contributed by atoms with van der Waals surface area (Å²) in [6, 6.07) is 14.4. The van der Waals surface area contributed by atoms with Crippen molar-refractivity contribution in [3.05, 3.63) is 65.9 Å². The van der Waals surface area contributed by atoms with Gasteiger partial charge in [0, 0.05) is 17.6 Å². The lowest BCUT2D eigenvalue weighted by atomic mass is 10.1. The van der Waals surface area contributed by atoms with E-state index in [0.29, 0.717) is 23.7 Å². The number of rotatable bonds is 10. The topological polar surface area (TPSA) is 59.1 Å². The van der Waals surface area contributed by atoms with E-state index in [0.717, 1.165) is 37.4 Å². The first-order chi connectivity index (χ1) is 15.4. The molecule has 1 aromatic heterocycles. The third kappa shape index (κ3) is 6.60. The molecule has 5 nitrogen and oxygen atoms in total. The molecule has 0 amide bonds. The van der Waals surface area contributed by atoms with Crippen LogP contribution in [-0.4, -0.2) is 16.6 Å². The second-order valence-electron chi connectivity index (χ2n) is 7.32. The Bertz CT molecular complexity index is 990. The Hall–Kier alpha value is -3.29. The number of aryl methyl sites for hydroxylation is 1. The van der Waals surface area contributed by atoms with Gasteiger partial charge in [0.05, 0.1) is 6.61 Å². The summed E-state index contributed by atoms with van der Waals surface area (Å²) in [6.07, 6.45) is 0.533. The first-order valence-electron chi connectivity index (χ1n) is 10.7. The van der Waals surface area contributed by atoms with Crippen LogP contribution < -0.4 is 15.4 Å². The van der Waals surface area contributed by atoms with Crippen molar-refractivity contribution in [3.8, 4) is 5.75 Å². The van der Waals surface area contributed by atoms with Gasteiger partial charge in [-0.2, -0.15) is 18.2 Å². The number of nitrogens with one attached hydrogen (secondary N) is 2. The van der Waals surface area contributed by atoms with Gasteiger partial charge in [0.2, 0.25) is 5.95 Å². The van der Waals surface area contributed by atoms with Crippen molar-refractivity contribution in [3.63, 3.8) is 0 Å². The first kappa shape index (κ1) is 23.4. The minimum Gasteiger partial charge on any atom is -0.494 e. The Morgan fingerprint density at radius 3 is 2.16 bits per heavy atom. The number of hydrogen-bond acceptors (Lipinski definition) is 5. The van der Waals surface area contributed by atoms with Crippen LogP contribution in [0.4, 0.5) is 36.3 Å². The van der Waals surface area contributed by atoms with Crippen LogP contribution in [0.3, 0.4) is 0 Å². The van der Waals surface area contributed by atoms with Gasteiger partial charge in [0.1, 0.15) is 17.1 Å². The van der Waals surface area contributed by atoms with Gasteiger partial charge in [-0.1, -0.05) is 31.9 Å². The lowest BCUT2D eigenvalue weighted by Gasteiger charge is -2.15. The molecule has 2 aromatic carbocycles. The number of aromatic nitrogens is 2. The van der Waals surface area contributed by atoms with Crippen LogP contribution in [0, 0.1) is 0 Å². The van der Waals surface area contributed by atoms with Crippen molar-refractivity contribution < 1.29 is 17.9 Å². The molecule has 1 heterocycles. The van der Waals surface area contributed by atoms with Crippen molar-refractivity contribution in [2.24, 2.45) is 0 Å². The maximum absolute atomic E-state index is 13.5. The molecule has 0 atom stereocenters. The van der Waals surface area contributed by atoms with Crippen LogP contribution in [0.1, 0.15) is 44.2 Å². The van der Waals surface area contributed by atoms with E-state index in [4.69, 9.17) is 4.74 Å². The third-order valence-corrected chi connectivity index (χ3v) is 4.80. The van der Waals surface area contributed by atoms with E-state index < -0.39 is 11.7 Å². The number of alkyl halides is 3. The minimum absolute atomic E-state index is 0.0563. The molecule has 170 valence electrons. The fourth-order valence-corrected chi connectivity index (χ4v) is 3.15. The zero-order chi connectivity index (χ0) is 23.0. The normalized spacial score (nSPS) is 11.3. The van der Waals surface area contributed by atoms with Gasteiger partial charge in [-0.05, 0) is 61.7 Å². The summed E-state index contributed by atoms with van der Waals surface area (Å²) >= 11 is 0. The van der Waals surface area contributed by atoms with Crippen molar-refractivity contribution in [2.75, 3.05) is 17.2 Å². The van der Waals surface area contributed by atoms with Crippen LogP contribution in [0.15, 0.2) is 54.7 Å². The zero-order valence-electron chi connectivity index (χ0n) is 18.2. The highest BCUT2D eigenvalue weighted by Crippen LogP contribution is 2.35. The van der Waals surface area contributed by atoms with Crippen LogP contribution in [0.25, 0.3) is 0 Å². The highest BCUT2D eigenvalue weighted by molar-refractivity contribution is 5.63. The summed E-state index contributed by atoms with van der Waals surface area (Å²) in [5.41, 5.74) is 1.39. The fraction of sp³-hybridized carbons (Fsp3) is 0.333. The van der Waals surface area contributed by atoms with E-state index in [-0.39, 0.29) is 11.8 Å². The standard InChI is InChI=1S/C24H27F3N4O/c1-3-5-6-7-17-8-10-18(11-9-17)29-22-21(24(25,26)27)16-28-23(31-22)30-19-12-14-20(15-13-19)32-4-2/h8-16H,3-7H2,1-2H3,(H2,28,29,30,31). The molecule has 0 saturated heterocycles. The minimum atomic E-state index is -4.58. The van der Waals surface area contributed by atoms with Crippen molar-refractivity contribution in [2.45, 2.75) is 45.7 Å². The Labute approximate surface area is 186 Å². The molecule has 0 saturated carbocycles. The van der Waals surface area contributed by atoms with E-state index in [9.17, 15) is 13.2 Å². The molecule has 0 radical (unpaired) electrons. The molecule has 0 fully saturated rings. The number of benzene rings is 2. The summed E-state index contributed by atoms with van der Waals surface area (Å²) < 4.78 is 45.9. The summed E-state index contributed by atoms with van der Waals surface area (Å²) in [6.45, 7) is 4.58. The number of unbranched alkanes of at least 4 members (excludes halogenated alkanes) is 2. The molecule has 0 spiro atoms. The van der Waals surface area contributed by atoms with Crippen LogP contribution in [-0.2, 0) is 12.6 Å². The molecule has 0 bridgehead atoms. The Balaban J connectivity index is 1.78. The largest absolute Gasteiger partial charge is 0.494 e. The first-order valence-corrected chi connectivity index (χ1v) is 10.7. The van der Waals surface area contributed by atoms with Crippen molar-refractivity contribution >= 4 is 23.1 Å². The van der Waals surface area contributed by atoms with Gasteiger partial charge in [0.25, 0.3) is 0 Å². The van der Waals surface area contributed by atoms with Gasteiger partial charge < -0.3 is 15.4 Å². The maximum atomic E-state index is 13.5. The summed E-state index contributed by atoms with van der Waals surface area (Å²) in [4.78, 5) is 7.93. The number of nitrogens with zero attached hydrogens (tertiary/aromatic N) is 2. The van der Waals surface area contributed by atoms with Crippen molar-refractivity contribution in [1.82, 2.24) is 9.97 Å². The van der Waals surface area contributed by atoms with E-state index in [1.54, 1.807) is 36.4 Å². The predicted molar refractivity (Wildman–Crippen MR) is 121 cm³/mol. The highest BCUT2D eigenvalue weighted by atomic mass is 19.4. The van der Waals surface area contributed by atoms with Gasteiger partial charge in [-0.15, -0.1) is 0 Å². The lowest BCUT2D eigenvalue weighted by Crippen LogP contribution is -2.12. The molecule has 2 N–H and O–H groups in total. The van der Waals surface area contributed by atoms with E-state index in [1.807, 2.05) is 19.1 Å². The molecule has 0 aliphatic rings. The second kappa shape index (κ2) is 10.8. The SMILES string of the molecule is CCCCCc1ccc(Nc2nc(Nc3ccc(OCC)cc3)ncc2C(F)(F)F)cc1. The molecular formula is C24H27F3N4O. The van der Waals surface area contributed by atoms with E-state index >= 15 is 0 Å². The van der Waals surface area contributed by atoms with Crippen LogP contribution in [0.2, 0.25) is 0 Å². The van der Waals surface area contributed by atoms with Crippen LogP contribution >= 0.6 is 0 Å². The van der Waals surface area contributed by atoms with Gasteiger partial charge in [-0.3, -0.25) is 0 Å². The molecular weight excluding hydrogens is 417 g/mol. The highest BCUT2D eigenvalue weighted by Gasteiger charge is 2.35. The maximum Gasteiger partial charge on any atom is 0.421 e. The van der Waals surface area contributed by atoms with Gasteiger partial charge >= 0.3 is 6.18 Å². The molecule has 8 heteroatoms. The van der Waals surface area contributed by atoms with Gasteiger partial charge in [-0.25, -0.2) is 4.98 Å². The monoisotopic (exact) mass is 444 g/mol. The Morgan fingerprint density at radius 1 is 0.875 bits per heavy atom. The van der Waals surface area contributed by atoms with E-state index in [2.05, 4.69) is 27.5 Å². The number of hydrogen-bond donors (Lipinski definition) is 2. The summed E-state index contributed by atoms with van der Waals surface area (Å²) in [5, 5.41) is 5.73. The van der Waals surface area contributed by atoms with Crippen LogP contribution in [0.5, 0.6) is 5.75 Å². The zero-order valence-corrected chi connectivity index (χ0v) is 18.2. The Morgan fingerprint density at radius 2 is 1.53 bits per heavy atom. The fourth-order valence-electron chi connectivity index (χ4n) is 3.15. The molecule has 32 heavy (non-hydrogen) atoms. The Kier molecular flexibility index (Phi) is 7.92. The number of halogens is 3. The summed E-state index contributed by atoms with van der Waals surface area (Å²) in [7, 11) is 0. The molecule has 3 rings (SSSR count). The average Bonchev–Trinajstić information content (AvgIpc) is 2.76. The average molecular weight is 445 g/mol.